The van der Waals surface area contributed by atoms with Crippen molar-refractivity contribution in [3.8, 4) is 11.1 Å². The minimum atomic E-state index is -3.93. The lowest BCUT2D eigenvalue weighted by Crippen LogP contribution is -2.11. The van der Waals surface area contributed by atoms with Crippen LogP contribution in [0.1, 0.15) is 12.5 Å². The van der Waals surface area contributed by atoms with Gasteiger partial charge in [-0.05, 0) is 42.0 Å². The van der Waals surface area contributed by atoms with Gasteiger partial charge in [-0.3, -0.25) is 4.79 Å². The van der Waals surface area contributed by atoms with Crippen LogP contribution in [0, 0.1) is 11.7 Å². The molecule has 1 heterocycles. The standard InChI is InChI=1S/C29H23FO5S2/c1-18(29(31)32)16-36-17-19-9-11-20(12-10-19)37(33,34)21-13-14-22(26(30)15-21)24-6-4-7-25-23-5-2-3-8-27(23)35-28(24)25/h2-15,18H,16-17H2,1H3,(H,31,32). The topological polar surface area (TPSA) is 84.6 Å². The summed E-state index contributed by atoms with van der Waals surface area (Å²) in [5.41, 5.74) is 2.93. The van der Waals surface area contributed by atoms with E-state index in [1.54, 1.807) is 25.1 Å². The van der Waals surface area contributed by atoms with Gasteiger partial charge in [-0.15, -0.1) is 0 Å². The lowest BCUT2D eigenvalue weighted by Gasteiger charge is -2.10. The highest BCUT2D eigenvalue weighted by atomic mass is 32.2. The van der Waals surface area contributed by atoms with Gasteiger partial charge in [-0.2, -0.15) is 11.8 Å². The van der Waals surface area contributed by atoms with Crippen molar-refractivity contribution >= 4 is 49.5 Å². The molecule has 0 aliphatic heterocycles. The van der Waals surface area contributed by atoms with Crippen molar-refractivity contribution < 1.29 is 27.1 Å². The third-order valence-electron chi connectivity index (χ3n) is 6.24. The maximum atomic E-state index is 15.3. The number of carbonyl (C=O) groups is 1. The molecule has 0 fully saturated rings. The van der Waals surface area contributed by atoms with Crippen molar-refractivity contribution in [2.45, 2.75) is 22.5 Å². The summed E-state index contributed by atoms with van der Waals surface area (Å²) < 4.78 is 47.7. The maximum absolute atomic E-state index is 15.3. The Hall–Kier alpha value is -3.62. The van der Waals surface area contributed by atoms with Crippen molar-refractivity contribution in [2.75, 3.05) is 5.75 Å². The van der Waals surface area contributed by atoms with Gasteiger partial charge in [0.15, 0.2) is 0 Å². The number of benzene rings is 4. The molecule has 37 heavy (non-hydrogen) atoms. The summed E-state index contributed by atoms with van der Waals surface area (Å²) in [5, 5.41) is 10.8. The van der Waals surface area contributed by atoms with Crippen LogP contribution < -0.4 is 0 Å². The van der Waals surface area contributed by atoms with E-state index in [0.29, 0.717) is 28.2 Å². The molecule has 0 spiro atoms. The van der Waals surface area contributed by atoms with Crippen molar-refractivity contribution in [1.82, 2.24) is 0 Å². The van der Waals surface area contributed by atoms with E-state index in [4.69, 9.17) is 9.52 Å². The summed E-state index contributed by atoms with van der Waals surface area (Å²) in [4.78, 5) is 10.9. The van der Waals surface area contributed by atoms with E-state index < -0.39 is 27.5 Å². The molecule has 0 aliphatic rings. The van der Waals surface area contributed by atoms with Gasteiger partial charge in [0.25, 0.3) is 0 Å². The Balaban J connectivity index is 1.41. The Morgan fingerprint density at radius 2 is 1.62 bits per heavy atom. The van der Waals surface area contributed by atoms with Crippen LogP contribution >= 0.6 is 11.8 Å². The summed E-state index contributed by atoms with van der Waals surface area (Å²) in [7, 11) is -3.93. The number of hydrogen-bond donors (Lipinski definition) is 1. The van der Waals surface area contributed by atoms with Gasteiger partial charge in [-0.1, -0.05) is 55.5 Å². The zero-order valence-electron chi connectivity index (χ0n) is 19.8. The first kappa shape index (κ1) is 25.0. The first-order valence-electron chi connectivity index (χ1n) is 11.6. The smallest absolute Gasteiger partial charge is 0.307 e. The number of halogens is 1. The molecule has 0 radical (unpaired) electrons. The minimum Gasteiger partial charge on any atom is -0.481 e. The predicted octanol–water partition coefficient (Wildman–Crippen LogP) is 7.18. The van der Waals surface area contributed by atoms with Gasteiger partial charge >= 0.3 is 5.97 Å². The summed E-state index contributed by atoms with van der Waals surface area (Å²) in [5.74, 6) is -0.936. The van der Waals surface area contributed by atoms with E-state index in [1.165, 1.54) is 36.0 Å². The fourth-order valence-corrected chi connectivity index (χ4v) is 6.48. The van der Waals surface area contributed by atoms with E-state index in [0.717, 1.165) is 22.4 Å². The molecule has 0 amide bonds. The zero-order chi connectivity index (χ0) is 26.2. The molecular formula is C29H23FO5S2. The number of furan rings is 1. The fourth-order valence-electron chi connectivity index (χ4n) is 4.17. The number of carboxylic acid groups (broad SMARTS) is 1. The Kier molecular flexibility index (Phi) is 6.79. The van der Waals surface area contributed by atoms with E-state index in [9.17, 15) is 13.2 Å². The lowest BCUT2D eigenvalue weighted by molar-refractivity contribution is -0.140. The van der Waals surface area contributed by atoms with Crippen LogP contribution in [-0.2, 0) is 20.4 Å². The molecule has 1 unspecified atom stereocenters. The Bertz CT molecular complexity index is 1720. The first-order chi connectivity index (χ1) is 17.8. The molecule has 8 heteroatoms. The monoisotopic (exact) mass is 534 g/mol. The molecule has 0 saturated heterocycles. The molecule has 4 aromatic carbocycles. The summed E-state index contributed by atoms with van der Waals surface area (Å²) >= 11 is 1.47. The van der Waals surface area contributed by atoms with Gasteiger partial charge in [0.2, 0.25) is 9.84 Å². The molecule has 1 N–H and O–H groups in total. The Labute approximate surface area is 217 Å². The van der Waals surface area contributed by atoms with Gasteiger partial charge < -0.3 is 9.52 Å². The molecular weight excluding hydrogens is 511 g/mol. The summed E-state index contributed by atoms with van der Waals surface area (Å²) in [6.45, 7) is 1.65. The van der Waals surface area contributed by atoms with Crippen molar-refractivity contribution in [1.29, 1.82) is 0 Å². The second-order valence-electron chi connectivity index (χ2n) is 8.82. The van der Waals surface area contributed by atoms with Gasteiger partial charge in [0.1, 0.15) is 17.0 Å². The molecule has 1 atom stereocenters. The second kappa shape index (κ2) is 10.0. The van der Waals surface area contributed by atoms with Gasteiger partial charge in [0, 0.05) is 33.4 Å². The van der Waals surface area contributed by atoms with E-state index >= 15 is 4.39 Å². The van der Waals surface area contributed by atoms with E-state index in [1.807, 2.05) is 36.4 Å². The highest BCUT2D eigenvalue weighted by Crippen LogP contribution is 2.37. The summed E-state index contributed by atoms with van der Waals surface area (Å²) in [6.07, 6.45) is 0. The van der Waals surface area contributed by atoms with Crippen molar-refractivity contribution in [2.24, 2.45) is 5.92 Å². The number of hydrogen-bond acceptors (Lipinski definition) is 5. The van der Waals surface area contributed by atoms with Crippen molar-refractivity contribution in [3.63, 3.8) is 0 Å². The average Bonchev–Trinajstić information content (AvgIpc) is 3.28. The average molecular weight is 535 g/mol. The SMILES string of the molecule is CC(CSCc1ccc(S(=O)(=O)c2ccc(-c3cccc4c3oc3ccccc34)c(F)c2)cc1)C(=O)O. The molecule has 5 nitrogen and oxygen atoms in total. The number of para-hydroxylation sites is 2. The molecule has 5 aromatic rings. The minimum absolute atomic E-state index is 0.0617. The number of sulfone groups is 1. The Morgan fingerprint density at radius 1 is 0.919 bits per heavy atom. The molecule has 0 saturated carbocycles. The number of aliphatic carboxylic acids is 1. The summed E-state index contributed by atoms with van der Waals surface area (Å²) in [6, 6.07) is 23.4. The van der Waals surface area contributed by atoms with Crippen molar-refractivity contribution in [3.05, 3.63) is 96.3 Å². The van der Waals surface area contributed by atoms with Gasteiger partial charge in [0.05, 0.1) is 15.7 Å². The molecule has 0 bridgehead atoms. The van der Waals surface area contributed by atoms with Crippen LogP contribution in [0.3, 0.4) is 0 Å². The number of rotatable bonds is 8. The molecule has 188 valence electrons. The predicted molar refractivity (Wildman–Crippen MR) is 144 cm³/mol. The molecule has 5 rings (SSSR count). The largest absolute Gasteiger partial charge is 0.481 e. The third-order valence-corrected chi connectivity index (χ3v) is 9.28. The second-order valence-corrected chi connectivity index (χ2v) is 11.8. The quantitative estimate of drug-likeness (QED) is 0.227. The first-order valence-corrected chi connectivity index (χ1v) is 14.2. The highest BCUT2D eigenvalue weighted by Gasteiger charge is 2.21. The Morgan fingerprint density at radius 3 is 2.35 bits per heavy atom. The molecule has 0 aliphatic carbocycles. The van der Waals surface area contributed by atoms with Gasteiger partial charge in [-0.25, -0.2) is 12.8 Å². The van der Waals surface area contributed by atoms with E-state index in [2.05, 4.69) is 0 Å². The maximum Gasteiger partial charge on any atom is 0.307 e. The van der Waals surface area contributed by atoms with Crippen LogP contribution in [-0.4, -0.2) is 25.2 Å². The van der Waals surface area contributed by atoms with E-state index in [-0.39, 0.29) is 15.4 Å². The lowest BCUT2D eigenvalue weighted by atomic mass is 10.0. The normalized spacial score (nSPS) is 12.7. The molecule has 1 aromatic heterocycles. The number of fused-ring (bicyclic) bond motifs is 3. The van der Waals surface area contributed by atoms with Crippen LogP contribution in [0.25, 0.3) is 33.1 Å². The zero-order valence-corrected chi connectivity index (χ0v) is 21.5. The van der Waals surface area contributed by atoms with Crippen LogP contribution in [0.2, 0.25) is 0 Å². The van der Waals surface area contributed by atoms with Crippen LogP contribution in [0.15, 0.2) is 99.1 Å². The highest BCUT2D eigenvalue weighted by molar-refractivity contribution is 7.98. The van der Waals surface area contributed by atoms with Crippen LogP contribution in [0.4, 0.5) is 4.39 Å². The number of carboxylic acids is 1. The third kappa shape index (κ3) is 4.86. The fraction of sp³-hybridized carbons (Fsp3) is 0.138. The number of thioether (sulfide) groups is 1. The van der Waals surface area contributed by atoms with Crippen LogP contribution in [0.5, 0.6) is 0 Å².